The number of rotatable bonds is 13. The van der Waals surface area contributed by atoms with Crippen LogP contribution in [0.5, 0.6) is 178 Å². The van der Waals surface area contributed by atoms with Gasteiger partial charge in [0, 0.05) is 153 Å². The molecule has 0 fully saturated rings. The van der Waals surface area contributed by atoms with E-state index < -0.39 is 53.5 Å². The van der Waals surface area contributed by atoms with Crippen LogP contribution in [0.1, 0.15) is 164 Å². The number of fused-ring (bicyclic) bond motifs is 7. The molecule has 0 spiro atoms. The van der Waals surface area contributed by atoms with Crippen molar-refractivity contribution in [3.63, 3.8) is 0 Å². The predicted octanol–water partition coefficient (Wildman–Crippen LogP) is 16.6. The lowest BCUT2D eigenvalue weighted by atomic mass is 9.85. The van der Waals surface area contributed by atoms with Crippen molar-refractivity contribution in [3.05, 3.63) is 314 Å². The van der Waals surface area contributed by atoms with Crippen LogP contribution < -0.4 is 61.6 Å². The topological polar surface area (TPSA) is 604 Å². The number of carbonyl (C=O) groups excluding carboxylic acids is 7. The average molecular weight is 2040 g/mol. The molecule has 0 bridgehead atoms. The third kappa shape index (κ3) is 23.6. The van der Waals surface area contributed by atoms with Crippen molar-refractivity contribution in [1.82, 2.24) is 0 Å². The molecule has 14 aromatic rings. The van der Waals surface area contributed by atoms with Gasteiger partial charge in [0.05, 0.1) is 87.6 Å². The largest absolute Gasteiger partial charge is 0.508 e. The summed E-state index contributed by atoms with van der Waals surface area (Å²) >= 11 is 0. The van der Waals surface area contributed by atoms with Gasteiger partial charge in [-0.1, -0.05) is 66.7 Å². The third-order valence-electron chi connectivity index (χ3n) is 25.0. The lowest BCUT2D eigenvalue weighted by Crippen LogP contribution is -2.21. The van der Waals surface area contributed by atoms with Crippen molar-refractivity contribution in [2.75, 3.05) is 42.7 Å². The number of benzene rings is 14. The molecule has 0 aromatic heterocycles. The fourth-order valence-corrected chi connectivity index (χ4v) is 18.1. The molecular weight excluding hydrogens is 1940 g/mol. The Balaban J connectivity index is 0.000000130. The van der Waals surface area contributed by atoms with Gasteiger partial charge in [-0.25, -0.2) is 0 Å². The molecule has 18 N–H and O–H groups in total. The molecule has 0 amide bonds. The van der Waals surface area contributed by atoms with Gasteiger partial charge in [0.2, 0.25) is 0 Å². The smallest absolute Gasteiger partial charge is 0.312 e. The van der Waals surface area contributed by atoms with Gasteiger partial charge in [0.1, 0.15) is 121 Å². The van der Waals surface area contributed by atoms with E-state index in [9.17, 15) is 125 Å². The SMILES string of the molecule is COc1cc(O)c2c(c1)OC(=O)C[C@@H]2c1ccc(O)c(OC)c1.COc1cc(O)c2c(c1)OC(=O)C[C@H]2c1ccc(O)c(OC)c1.COc1cc([C@@H]2CC(=O)Oc3cc(O)cc(OC)c32)ccc1O.O=C1C[C@@H](c2ccc(O)c(O)c2)c2c(O)cc(O)cc2O1.O=C1C[C@@H](c2ccc(O)cc2)c2ccc(O)cc2O1.O=C1C[C@H](c2ccc(O)c(O)c2)c2c(O)cc(O)cc2O1.O=C1C[C@H](c2ccc(O)cc2)c2ccc(O)cc2O1. The van der Waals surface area contributed by atoms with Crippen molar-refractivity contribution in [1.29, 1.82) is 0 Å². The molecule has 0 radical (unpaired) electrons. The predicted molar refractivity (Wildman–Crippen MR) is 524 cm³/mol. The summed E-state index contributed by atoms with van der Waals surface area (Å²) in [6.07, 6.45) is 0.764. The molecule has 7 heterocycles. The van der Waals surface area contributed by atoms with Gasteiger partial charge in [0.15, 0.2) is 57.5 Å². The van der Waals surface area contributed by atoms with E-state index in [1.807, 2.05) is 0 Å². The Bertz CT molecular complexity index is 7120. The molecule has 7 atom stereocenters. The second-order valence-electron chi connectivity index (χ2n) is 34.5. The number of hydrogen-bond acceptors (Lipinski definition) is 38. The minimum Gasteiger partial charge on any atom is -0.508 e. The average Bonchev–Trinajstić information content (AvgIpc) is 0.769. The Labute approximate surface area is 846 Å². The zero-order chi connectivity index (χ0) is 107. The number of esters is 7. The van der Waals surface area contributed by atoms with E-state index in [2.05, 4.69) is 0 Å². The number of carbonyl (C=O) groups is 7. The first kappa shape index (κ1) is 104. The highest BCUT2D eigenvalue weighted by molar-refractivity contribution is 5.85. The summed E-state index contributed by atoms with van der Waals surface area (Å²) in [4.78, 5) is 82.4. The number of aromatic hydroxyl groups is 18. The number of methoxy groups -OCH3 is 6. The second-order valence-corrected chi connectivity index (χ2v) is 34.5. The van der Waals surface area contributed by atoms with Crippen molar-refractivity contribution in [2.24, 2.45) is 0 Å². The molecule has 0 aliphatic carbocycles. The zero-order valence-corrected chi connectivity index (χ0v) is 79.7. The molecule has 149 heavy (non-hydrogen) atoms. The van der Waals surface area contributed by atoms with Gasteiger partial charge in [-0.05, 0) is 136 Å². The van der Waals surface area contributed by atoms with Crippen LogP contribution in [-0.4, -0.2) is 176 Å². The molecule has 38 nitrogen and oxygen atoms in total. The van der Waals surface area contributed by atoms with Crippen LogP contribution in [0.15, 0.2) is 237 Å². The Morgan fingerprint density at radius 1 is 0.181 bits per heavy atom. The summed E-state index contributed by atoms with van der Waals surface area (Å²) in [6.45, 7) is 0. The molecule has 14 aromatic carbocycles. The van der Waals surface area contributed by atoms with Gasteiger partial charge in [0.25, 0.3) is 0 Å². The molecule has 768 valence electrons. The highest BCUT2D eigenvalue weighted by Gasteiger charge is 2.40. The summed E-state index contributed by atoms with van der Waals surface area (Å²) in [5.41, 5.74) is 9.35. The van der Waals surface area contributed by atoms with Gasteiger partial charge in [-0.3, -0.25) is 33.6 Å². The molecule has 0 saturated carbocycles. The van der Waals surface area contributed by atoms with Crippen molar-refractivity contribution in [3.8, 4) is 178 Å². The minimum absolute atomic E-state index is 0.00816. The summed E-state index contributed by atoms with van der Waals surface area (Å²) in [5.74, 6) is -2.85. The fraction of sp³-hybridized carbons (Fsp3) is 0.180. The minimum atomic E-state index is -0.534. The van der Waals surface area contributed by atoms with Crippen LogP contribution in [0.3, 0.4) is 0 Å². The molecule has 38 heteroatoms. The Morgan fingerprint density at radius 2 is 0.416 bits per heavy atom. The molecule has 7 aliphatic heterocycles. The van der Waals surface area contributed by atoms with Gasteiger partial charge < -0.3 is 153 Å². The third-order valence-corrected chi connectivity index (χ3v) is 25.0. The van der Waals surface area contributed by atoms with Crippen molar-refractivity contribution in [2.45, 2.75) is 86.4 Å². The van der Waals surface area contributed by atoms with Crippen LogP contribution in [0.2, 0.25) is 0 Å². The highest BCUT2D eigenvalue weighted by Crippen LogP contribution is 2.55. The first-order chi connectivity index (χ1) is 71.3. The first-order valence-corrected chi connectivity index (χ1v) is 45.4. The molecule has 0 saturated heterocycles. The summed E-state index contributed by atoms with van der Waals surface area (Å²) < 4.78 is 66.9. The van der Waals surface area contributed by atoms with Gasteiger partial charge in [-0.15, -0.1) is 0 Å². The number of phenols is 18. The van der Waals surface area contributed by atoms with E-state index >= 15 is 0 Å². The molecule has 0 unspecified atom stereocenters. The van der Waals surface area contributed by atoms with E-state index in [1.165, 1.54) is 134 Å². The molecule has 21 rings (SSSR count). The quantitative estimate of drug-likeness (QED) is 0.0289. The van der Waals surface area contributed by atoms with Crippen LogP contribution in [-0.2, 0) is 33.6 Å². The maximum atomic E-state index is 11.9. The van der Waals surface area contributed by atoms with Crippen molar-refractivity contribution >= 4 is 41.8 Å². The fourth-order valence-electron chi connectivity index (χ4n) is 18.1. The Morgan fingerprint density at radius 3 is 0.711 bits per heavy atom. The Hall–Kier alpha value is -19.4. The normalized spacial score (nSPS) is 17.0. The van der Waals surface area contributed by atoms with Crippen LogP contribution in [0.25, 0.3) is 0 Å². The van der Waals surface area contributed by atoms with E-state index in [-0.39, 0.29) is 207 Å². The maximum Gasteiger partial charge on any atom is 0.312 e. The second kappa shape index (κ2) is 44.6. The van der Waals surface area contributed by atoms with Crippen LogP contribution in [0, 0.1) is 0 Å². The highest BCUT2D eigenvalue weighted by atomic mass is 16.6. The van der Waals surface area contributed by atoms with Crippen molar-refractivity contribution < 1.29 is 187 Å². The van der Waals surface area contributed by atoms with Crippen LogP contribution in [0.4, 0.5) is 0 Å². The summed E-state index contributed by atoms with van der Waals surface area (Å²) in [7, 11) is 8.78. The monoisotopic (exact) mass is 2040 g/mol. The van der Waals surface area contributed by atoms with E-state index in [0.717, 1.165) is 51.1 Å². The Kier molecular flexibility index (Phi) is 31.1. The molecule has 7 aliphatic rings. The molecular formula is C111H96O38. The lowest BCUT2D eigenvalue weighted by Gasteiger charge is -2.27. The number of phenolic OH excluding ortho intramolecular Hbond substituents is 18. The van der Waals surface area contributed by atoms with E-state index in [4.69, 9.17) is 61.6 Å². The van der Waals surface area contributed by atoms with Crippen LogP contribution >= 0.6 is 0 Å². The van der Waals surface area contributed by atoms with E-state index in [1.54, 1.807) is 133 Å². The zero-order valence-electron chi connectivity index (χ0n) is 79.7. The van der Waals surface area contributed by atoms with Gasteiger partial charge >= 0.3 is 41.8 Å². The van der Waals surface area contributed by atoms with Gasteiger partial charge in [-0.2, -0.15) is 0 Å². The standard InChI is InChI=1S/3C17H16O6.2C15H12O6.2C15H12O4/c2*1-21-10-6-13(19)17-11(8-16(20)23-15(17)7-10)9-3-4-12(18)14(5-9)22-2;1-21-13-5-9(3-4-12(13)19)11-8-16(20)23-15-7-10(18)6-14(22-2)17(11)15;2*16-8-4-12(19)15-9(6-14(20)21-13(15)5-8)7-1-2-10(17)11(18)3-7;2*16-10-3-1-9(2-4-10)13-8-15(18)19-14-7-11(17)5-6-12(13)14/h3*3-7,11,18-19H,8H2,1-2H3;2*1-5,9,16-19H,6H2;2*1-7,13,16-17H,8H2/t3*11-;2*9-;2*13-/m1001010/s1. The number of ether oxygens (including phenoxy) is 13. The maximum absolute atomic E-state index is 11.9. The van der Waals surface area contributed by atoms with E-state index in [0.29, 0.717) is 84.9 Å². The summed E-state index contributed by atoms with van der Waals surface area (Å²) in [5, 5.41) is 174. The number of hydrogen-bond donors (Lipinski definition) is 18. The first-order valence-electron chi connectivity index (χ1n) is 45.4. The summed E-state index contributed by atoms with van der Waals surface area (Å²) in [6, 6.07) is 59.8. The lowest BCUT2D eigenvalue weighted by molar-refractivity contribution is -0.136.